The van der Waals surface area contributed by atoms with Gasteiger partial charge in [0.15, 0.2) is 0 Å². The van der Waals surface area contributed by atoms with Crippen molar-refractivity contribution in [2.24, 2.45) is 0 Å². The summed E-state index contributed by atoms with van der Waals surface area (Å²) in [6, 6.07) is 4.95. The van der Waals surface area contributed by atoms with Crippen LogP contribution < -0.4 is 0 Å². The molecule has 1 aliphatic heterocycles. The molecule has 1 aromatic carbocycles. The number of carbonyl (C=O) groups excluding carboxylic acids is 1. The average Bonchev–Trinajstić information content (AvgIpc) is 2.52. The molecule has 0 spiro atoms. The van der Waals surface area contributed by atoms with E-state index in [1.807, 2.05) is 12.1 Å². The molecule has 1 aliphatic rings. The van der Waals surface area contributed by atoms with Crippen LogP contribution in [-0.2, 0) is 4.74 Å². The van der Waals surface area contributed by atoms with Gasteiger partial charge >= 0.3 is 6.09 Å². The number of hydrogen-bond donors (Lipinski definition) is 0. The summed E-state index contributed by atoms with van der Waals surface area (Å²) in [5.41, 5.74) is 1.47. The van der Waals surface area contributed by atoms with E-state index >= 15 is 0 Å². The zero-order valence-corrected chi connectivity index (χ0v) is 14.8. The fourth-order valence-corrected chi connectivity index (χ4v) is 2.67. The molecule has 2 rings (SSSR count). The summed E-state index contributed by atoms with van der Waals surface area (Å²) in [6.45, 7) is 7.89. The van der Waals surface area contributed by atoms with Crippen molar-refractivity contribution in [2.75, 3.05) is 13.1 Å². The fraction of sp³-hybridized carbons (Fsp3) is 0.444. The van der Waals surface area contributed by atoms with Crippen LogP contribution in [-0.4, -0.2) is 34.6 Å². The summed E-state index contributed by atoms with van der Waals surface area (Å²) in [4.78, 5) is 24.4. The van der Waals surface area contributed by atoms with Crippen LogP contribution >= 0.6 is 0 Å². The molecule has 0 bridgehead atoms. The molecule has 0 fully saturated rings. The van der Waals surface area contributed by atoms with E-state index in [0.29, 0.717) is 30.6 Å². The second-order valence-corrected chi connectivity index (χ2v) is 6.97. The first-order valence-corrected chi connectivity index (χ1v) is 7.99. The molecule has 0 atom stereocenters. The minimum atomic E-state index is -0.583. The third kappa shape index (κ3) is 4.35. The quantitative estimate of drug-likeness (QED) is 0.601. The Morgan fingerprint density at radius 3 is 2.64 bits per heavy atom. The predicted octanol–water partition coefficient (Wildman–Crippen LogP) is 3.80. The molecule has 7 heteroatoms. The lowest BCUT2D eigenvalue weighted by Gasteiger charge is -2.30. The predicted molar refractivity (Wildman–Crippen MR) is 92.9 cm³/mol. The minimum absolute atomic E-state index is 0.0827. The molecule has 7 nitrogen and oxygen atoms in total. The first-order chi connectivity index (χ1) is 11.6. The molecule has 25 heavy (non-hydrogen) atoms. The average molecular weight is 343 g/mol. The Hall–Kier alpha value is -2.88. The third-order valence-electron chi connectivity index (χ3n) is 3.80. The second-order valence-electron chi connectivity index (χ2n) is 6.97. The van der Waals surface area contributed by atoms with Gasteiger partial charge in [0.2, 0.25) is 0 Å². The highest BCUT2D eigenvalue weighted by Crippen LogP contribution is 2.30. The molecule has 0 unspecified atom stereocenters. The molecular formula is C18H21N3O4. The van der Waals surface area contributed by atoms with Crippen molar-refractivity contribution in [1.29, 1.82) is 5.26 Å². The van der Waals surface area contributed by atoms with Gasteiger partial charge in [-0.25, -0.2) is 4.79 Å². The molecule has 0 radical (unpaired) electrons. The van der Waals surface area contributed by atoms with Crippen LogP contribution in [0.2, 0.25) is 0 Å². The van der Waals surface area contributed by atoms with Crippen LogP contribution in [0.25, 0.3) is 5.57 Å². The van der Waals surface area contributed by atoms with Gasteiger partial charge in [0.1, 0.15) is 11.7 Å². The van der Waals surface area contributed by atoms with E-state index in [1.54, 1.807) is 38.7 Å². The lowest BCUT2D eigenvalue weighted by atomic mass is 9.94. The SMILES string of the molecule is Cc1cc(C2=CCCN(C(=O)OC(C)(C)C)C2)c(C#N)cc1[N+](=O)[O-]. The maximum atomic E-state index is 12.3. The Labute approximate surface area is 146 Å². The van der Waals surface area contributed by atoms with Gasteiger partial charge in [-0.1, -0.05) is 6.08 Å². The topological polar surface area (TPSA) is 96.5 Å². The number of aryl methyl sites for hydroxylation is 1. The first-order valence-electron chi connectivity index (χ1n) is 7.99. The van der Waals surface area contributed by atoms with Crippen molar-refractivity contribution < 1.29 is 14.5 Å². The number of benzene rings is 1. The summed E-state index contributed by atoms with van der Waals surface area (Å²) in [5, 5.41) is 20.4. The second kappa shape index (κ2) is 6.93. The van der Waals surface area contributed by atoms with E-state index < -0.39 is 16.6 Å². The smallest absolute Gasteiger partial charge is 0.410 e. The number of nitro benzene ring substituents is 1. The number of nitrogens with zero attached hydrogens (tertiary/aromatic N) is 3. The molecule has 0 aromatic heterocycles. The van der Waals surface area contributed by atoms with Crippen molar-refractivity contribution in [3.05, 3.63) is 45.0 Å². The van der Waals surface area contributed by atoms with Crippen LogP contribution in [0.1, 0.15) is 43.9 Å². The highest BCUT2D eigenvalue weighted by molar-refractivity contribution is 5.78. The van der Waals surface area contributed by atoms with Gasteiger partial charge in [0.25, 0.3) is 5.69 Å². The third-order valence-corrected chi connectivity index (χ3v) is 3.80. The Bertz CT molecular complexity index is 785. The number of amides is 1. The molecule has 0 saturated carbocycles. The maximum Gasteiger partial charge on any atom is 0.410 e. The Morgan fingerprint density at radius 1 is 1.40 bits per heavy atom. The van der Waals surface area contributed by atoms with E-state index in [9.17, 15) is 20.2 Å². The van der Waals surface area contributed by atoms with Gasteiger partial charge < -0.3 is 9.64 Å². The molecular weight excluding hydrogens is 322 g/mol. The molecule has 1 aromatic rings. The summed E-state index contributed by atoms with van der Waals surface area (Å²) in [5.74, 6) is 0. The van der Waals surface area contributed by atoms with E-state index in [1.165, 1.54) is 6.07 Å². The molecule has 0 aliphatic carbocycles. The number of nitriles is 1. The molecule has 0 N–H and O–H groups in total. The lowest BCUT2D eigenvalue weighted by Crippen LogP contribution is -2.39. The van der Waals surface area contributed by atoms with Crippen LogP contribution in [0.15, 0.2) is 18.2 Å². The Kier molecular flexibility index (Phi) is 5.12. The van der Waals surface area contributed by atoms with Gasteiger partial charge in [-0.15, -0.1) is 0 Å². The van der Waals surface area contributed by atoms with Crippen LogP contribution in [0.5, 0.6) is 0 Å². The van der Waals surface area contributed by atoms with Crippen LogP contribution in [0.4, 0.5) is 10.5 Å². The monoisotopic (exact) mass is 343 g/mol. The van der Waals surface area contributed by atoms with Crippen molar-refractivity contribution in [1.82, 2.24) is 4.90 Å². The maximum absolute atomic E-state index is 12.3. The summed E-state index contributed by atoms with van der Waals surface area (Å²) < 4.78 is 5.40. The molecule has 1 amide bonds. The van der Waals surface area contributed by atoms with Gasteiger partial charge in [-0.05, 0) is 51.3 Å². The molecule has 0 saturated heterocycles. The van der Waals surface area contributed by atoms with Crippen molar-refractivity contribution in [2.45, 2.75) is 39.7 Å². The summed E-state index contributed by atoms with van der Waals surface area (Å²) in [7, 11) is 0. The summed E-state index contributed by atoms with van der Waals surface area (Å²) in [6.07, 6.45) is 2.19. The van der Waals surface area contributed by atoms with Gasteiger partial charge in [0, 0.05) is 24.7 Å². The van der Waals surface area contributed by atoms with Crippen molar-refractivity contribution in [3.8, 4) is 6.07 Å². The van der Waals surface area contributed by atoms with Crippen LogP contribution in [0, 0.1) is 28.4 Å². The van der Waals surface area contributed by atoms with Crippen LogP contribution in [0.3, 0.4) is 0 Å². The van der Waals surface area contributed by atoms with Gasteiger partial charge in [-0.2, -0.15) is 5.26 Å². The number of rotatable bonds is 2. The lowest BCUT2D eigenvalue weighted by molar-refractivity contribution is -0.385. The largest absolute Gasteiger partial charge is 0.444 e. The Morgan fingerprint density at radius 2 is 2.08 bits per heavy atom. The first kappa shape index (κ1) is 18.5. The van der Waals surface area contributed by atoms with Gasteiger partial charge in [0.05, 0.1) is 10.5 Å². The Balaban J connectivity index is 2.32. The van der Waals surface area contributed by atoms with Crippen molar-refractivity contribution >= 4 is 17.4 Å². The zero-order chi connectivity index (χ0) is 18.8. The highest BCUT2D eigenvalue weighted by atomic mass is 16.6. The standard InChI is InChI=1S/C18H21N3O4/c1-12-8-15(14(10-19)9-16(12)21(23)24)13-6-5-7-20(11-13)17(22)25-18(2,3)4/h6,8-9H,5,7,11H2,1-4H3. The molecule has 132 valence electrons. The minimum Gasteiger partial charge on any atom is -0.444 e. The van der Waals surface area contributed by atoms with E-state index in [0.717, 1.165) is 5.57 Å². The zero-order valence-electron chi connectivity index (χ0n) is 14.8. The van der Waals surface area contributed by atoms with Gasteiger partial charge in [-0.3, -0.25) is 10.1 Å². The number of hydrogen-bond acceptors (Lipinski definition) is 5. The van der Waals surface area contributed by atoms with E-state index in [4.69, 9.17) is 4.74 Å². The highest BCUT2D eigenvalue weighted by Gasteiger charge is 2.26. The number of nitro groups is 1. The fourth-order valence-electron chi connectivity index (χ4n) is 2.67. The van der Waals surface area contributed by atoms with E-state index in [2.05, 4.69) is 0 Å². The van der Waals surface area contributed by atoms with Crippen molar-refractivity contribution in [3.63, 3.8) is 0 Å². The molecule has 1 heterocycles. The van der Waals surface area contributed by atoms with E-state index in [-0.39, 0.29) is 11.3 Å². The number of ether oxygens (including phenoxy) is 1. The number of carbonyl (C=O) groups is 1. The summed E-state index contributed by atoms with van der Waals surface area (Å²) >= 11 is 0. The normalized spacial score (nSPS) is 14.5.